The van der Waals surface area contributed by atoms with Gasteiger partial charge in [-0.25, -0.2) is 0 Å². The minimum absolute atomic E-state index is 0.636. The molecule has 5 heteroatoms. The largest absolute Gasteiger partial charge is 0.488 e. The van der Waals surface area contributed by atoms with Gasteiger partial charge in [-0.2, -0.15) is 0 Å². The molecule has 2 rings (SSSR count). The highest BCUT2D eigenvalue weighted by molar-refractivity contribution is 5.82. The molecular weight excluding hydrogens is 338 g/mol. The van der Waals surface area contributed by atoms with Gasteiger partial charge in [-0.05, 0) is 54.1 Å². The van der Waals surface area contributed by atoms with Crippen molar-refractivity contribution in [2.45, 2.75) is 0 Å². The third kappa shape index (κ3) is 8.71. The molecule has 0 saturated heterocycles. The Morgan fingerprint density at radius 3 is 1.85 bits per heavy atom. The van der Waals surface area contributed by atoms with E-state index in [4.69, 9.17) is 9.47 Å². The number of quaternary nitrogens is 2. The molecular formula is C22H33N3O2+2. The quantitative estimate of drug-likeness (QED) is 0.383. The fourth-order valence-corrected chi connectivity index (χ4v) is 2.13. The van der Waals surface area contributed by atoms with E-state index in [1.54, 1.807) is 0 Å². The number of hydrogen-bond donors (Lipinski definition) is 0. The Hall–Kier alpha value is -2.37. The van der Waals surface area contributed by atoms with Gasteiger partial charge in [0.1, 0.15) is 24.7 Å². The van der Waals surface area contributed by atoms with Crippen molar-refractivity contribution < 1.29 is 18.4 Å². The minimum atomic E-state index is 0.636. The zero-order valence-corrected chi connectivity index (χ0v) is 17.5. The zero-order valence-electron chi connectivity index (χ0n) is 17.5. The van der Waals surface area contributed by atoms with E-state index >= 15 is 0 Å². The van der Waals surface area contributed by atoms with Gasteiger partial charge < -0.3 is 14.0 Å². The van der Waals surface area contributed by atoms with E-state index in [0.717, 1.165) is 38.3 Å². The average molecular weight is 372 g/mol. The van der Waals surface area contributed by atoms with E-state index < -0.39 is 0 Å². The van der Waals surface area contributed by atoms with E-state index in [1.165, 1.54) is 0 Å². The Labute approximate surface area is 163 Å². The molecule has 27 heavy (non-hydrogen) atoms. The summed E-state index contributed by atoms with van der Waals surface area (Å²) in [4.78, 5) is 4.52. The lowest BCUT2D eigenvalue weighted by atomic mass is 10.2. The molecule has 146 valence electrons. The lowest BCUT2D eigenvalue weighted by molar-refractivity contribution is -0.886. The average Bonchev–Trinajstić information content (AvgIpc) is 2.58. The number of aliphatic imine (C=N–C) groups is 1. The molecule has 0 bridgehead atoms. The van der Waals surface area contributed by atoms with E-state index in [-0.39, 0.29) is 0 Å². The van der Waals surface area contributed by atoms with Gasteiger partial charge in [0.2, 0.25) is 6.73 Å². The van der Waals surface area contributed by atoms with Gasteiger partial charge in [-0.1, -0.05) is 0 Å². The second-order valence-electron chi connectivity index (χ2n) is 8.75. The summed E-state index contributed by atoms with van der Waals surface area (Å²) >= 11 is 0. The summed E-state index contributed by atoms with van der Waals surface area (Å²) in [5, 5.41) is 0. The Balaban J connectivity index is 1.86. The fraction of sp³-hybridized carbons (Fsp3) is 0.409. The van der Waals surface area contributed by atoms with E-state index in [2.05, 4.69) is 47.3 Å². The lowest BCUT2D eigenvalue weighted by Crippen LogP contribution is -2.38. The highest BCUT2D eigenvalue weighted by Gasteiger charge is 2.07. The Bertz CT molecular complexity index is 724. The van der Waals surface area contributed by atoms with Crippen molar-refractivity contribution in [2.75, 3.05) is 62.2 Å². The number of benzene rings is 2. The van der Waals surface area contributed by atoms with Gasteiger partial charge in [-0.15, -0.1) is 0 Å². The van der Waals surface area contributed by atoms with Crippen LogP contribution in [0.3, 0.4) is 0 Å². The molecule has 0 aliphatic carbocycles. The fourth-order valence-electron chi connectivity index (χ4n) is 2.13. The number of likely N-dealkylation sites (N-methyl/N-ethyl adjacent to an activating group) is 1. The van der Waals surface area contributed by atoms with Gasteiger partial charge in [0.25, 0.3) is 0 Å². The first-order valence-electron chi connectivity index (χ1n) is 9.21. The molecule has 0 fully saturated rings. The molecule has 2 aromatic rings. The molecule has 0 spiro atoms. The maximum atomic E-state index is 5.78. The molecule has 2 aromatic carbocycles. The van der Waals surface area contributed by atoms with Crippen molar-refractivity contribution in [1.29, 1.82) is 0 Å². The van der Waals surface area contributed by atoms with Crippen LogP contribution in [0.4, 0.5) is 5.69 Å². The van der Waals surface area contributed by atoms with Crippen LogP contribution in [0.2, 0.25) is 0 Å². The summed E-state index contributed by atoms with van der Waals surface area (Å²) in [5.41, 5.74) is 1.94. The molecule has 0 unspecified atom stereocenters. The number of ether oxygens (including phenoxy) is 2. The van der Waals surface area contributed by atoms with Crippen molar-refractivity contribution in [3.63, 3.8) is 0 Å². The van der Waals surface area contributed by atoms with Crippen LogP contribution in [0.15, 0.2) is 53.5 Å². The third-order valence-corrected chi connectivity index (χ3v) is 3.73. The SMILES string of the molecule is C[N+](C)(C)CCOc1ccc(N=Cc2ccc(OC[N+](C)(C)C)cc2)cc1. The Kier molecular flexibility index (Phi) is 6.99. The predicted molar refractivity (Wildman–Crippen MR) is 112 cm³/mol. The zero-order chi connectivity index (χ0) is 19.9. The van der Waals surface area contributed by atoms with Crippen LogP contribution in [0, 0.1) is 0 Å². The van der Waals surface area contributed by atoms with Gasteiger partial charge in [0.15, 0.2) is 0 Å². The Morgan fingerprint density at radius 2 is 1.30 bits per heavy atom. The first kappa shape index (κ1) is 20.9. The molecule has 0 amide bonds. The molecule has 0 aliphatic heterocycles. The standard InChI is InChI=1S/C22H33N3O2/c1-24(2,3)15-16-26-21-13-9-20(10-14-21)23-17-19-7-11-22(12-8-19)27-18-25(4,5)6/h7-14,17H,15-16,18H2,1-6H3/q+2. The van der Waals surface area contributed by atoms with Crippen molar-refractivity contribution in [2.24, 2.45) is 4.99 Å². The van der Waals surface area contributed by atoms with Gasteiger partial charge in [-0.3, -0.25) is 9.48 Å². The summed E-state index contributed by atoms with van der Waals surface area (Å²) in [6, 6.07) is 15.8. The van der Waals surface area contributed by atoms with Gasteiger partial charge in [0.05, 0.1) is 48.0 Å². The van der Waals surface area contributed by atoms with Gasteiger partial charge >= 0.3 is 0 Å². The summed E-state index contributed by atoms with van der Waals surface area (Å²) in [7, 11) is 12.8. The van der Waals surface area contributed by atoms with Crippen LogP contribution in [0.25, 0.3) is 0 Å². The number of hydrogen-bond acceptors (Lipinski definition) is 3. The predicted octanol–water partition coefficient (Wildman–Crippen LogP) is 3.56. The molecule has 0 heterocycles. The molecule has 5 nitrogen and oxygen atoms in total. The van der Waals surface area contributed by atoms with Crippen LogP contribution in [-0.2, 0) is 0 Å². The summed E-state index contributed by atoms with van der Waals surface area (Å²) in [6.45, 7) is 2.31. The van der Waals surface area contributed by atoms with Crippen LogP contribution in [0.1, 0.15) is 5.56 Å². The molecule has 0 atom stereocenters. The third-order valence-electron chi connectivity index (χ3n) is 3.73. The number of rotatable bonds is 9. The summed E-state index contributed by atoms with van der Waals surface area (Å²) < 4.78 is 13.2. The number of nitrogens with zero attached hydrogens (tertiary/aromatic N) is 3. The molecule has 0 aliphatic rings. The Morgan fingerprint density at radius 1 is 0.741 bits per heavy atom. The molecule has 0 radical (unpaired) electrons. The van der Waals surface area contributed by atoms with Crippen LogP contribution < -0.4 is 9.47 Å². The monoisotopic (exact) mass is 371 g/mol. The van der Waals surface area contributed by atoms with Crippen LogP contribution in [-0.4, -0.2) is 77.3 Å². The minimum Gasteiger partial charge on any atom is -0.488 e. The van der Waals surface area contributed by atoms with E-state index in [0.29, 0.717) is 13.3 Å². The molecule has 0 saturated carbocycles. The molecule has 0 aromatic heterocycles. The topological polar surface area (TPSA) is 30.8 Å². The second-order valence-corrected chi connectivity index (χ2v) is 8.75. The van der Waals surface area contributed by atoms with Crippen LogP contribution in [0.5, 0.6) is 11.5 Å². The summed E-state index contributed by atoms with van der Waals surface area (Å²) in [5.74, 6) is 1.75. The van der Waals surface area contributed by atoms with Gasteiger partial charge in [0, 0.05) is 6.21 Å². The van der Waals surface area contributed by atoms with E-state index in [1.807, 2.05) is 54.7 Å². The van der Waals surface area contributed by atoms with Crippen LogP contribution >= 0.6 is 0 Å². The van der Waals surface area contributed by atoms with Crippen molar-refractivity contribution in [3.05, 3.63) is 54.1 Å². The van der Waals surface area contributed by atoms with Crippen molar-refractivity contribution in [3.8, 4) is 11.5 Å². The summed E-state index contributed by atoms with van der Waals surface area (Å²) in [6.07, 6.45) is 1.86. The first-order valence-corrected chi connectivity index (χ1v) is 9.21. The maximum Gasteiger partial charge on any atom is 0.223 e. The maximum absolute atomic E-state index is 5.78. The smallest absolute Gasteiger partial charge is 0.223 e. The first-order chi connectivity index (χ1) is 12.6. The van der Waals surface area contributed by atoms with Crippen molar-refractivity contribution >= 4 is 11.9 Å². The second kappa shape index (κ2) is 9.02. The lowest BCUT2D eigenvalue weighted by Gasteiger charge is -2.23. The van der Waals surface area contributed by atoms with Crippen molar-refractivity contribution in [1.82, 2.24) is 0 Å². The molecule has 0 N–H and O–H groups in total. The highest BCUT2D eigenvalue weighted by Crippen LogP contribution is 2.19. The van der Waals surface area contributed by atoms with E-state index in [9.17, 15) is 0 Å². The highest BCUT2D eigenvalue weighted by atomic mass is 16.5. The normalized spacial score (nSPS) is 12.4.